The number of carbonyl (C=O) groups excluding carboxylic acids is 1. The molecule has 32 heavy (non-hydrogen) atoms. The Morgan fingerprint density at radius 3 is 2.59 bits per heavy atom. The van der Waals surface area contributed by atoms with Crippen molar-refractivity contribution < 1.29 is 13.2 Å². The average molecular weight is 466 g/mol. The Morgan fingerprint density at radius 1 is 0.969 bits per heavy atom. The third kappa shape index (κ3) is 4.82. The fourth-order valence-corrected chi connectivity index (χ4v) is 5.06. The summed E-state index contributed by atoms with van der Waals surface area (Å²) < 4.78 is 28.2. The van der Waals surface area contributed by atoms with Gasteiger partial charge in [0.1, 0.15) is 5.69 Å². The fourth-order valence-electron chi connectivity index (χ4n) is 2.97. The average Bonchev–Trinajstić information content (AvgIpc) is 3.24. The number of pyridine rings is 1. The van der Waals surface area contributed by atoms with Crippen molar-refractivity contribution in [1.29, 1.82) is 0 Å². The molecule has 10 heteroatoms. The first-order valence-electron chi connectivity index (χ1n) is 9.58. The predicted molar refractivity (Wildman–Crippen MR) is 124 cm³/mol. The van der Waals surface area contributed by atoms with Crippen molar-refractivity contribution >= 4 is 38.1 Å². The molecule has 0 spiro atoms. The number of hydrogen-bond donors (Lipinski definition) is 2. The Kier molecular flexibility index (Phi) is 5.97. The summed E-state index contributed by atoms with van der Waals surface area (Å²) in [6.07, 6.45) is 1.65. The van der Waals surface area contributed by atoms with Gasteiger partial charge < -0.3 is 0 Å². The van der Waals surface area contributed by atoms with E-state index in [-0.39, 0.29) is 16.1 Å². The Labute approximate surface area is 189 Å². The van der Waals surface area contributed by atoms with Crippen LogP contribution in [0.5, 0.6) is 0 Å². The Hall–Kier alpha value is -3.63. The lowest BCUT2D eigenvalue weighted by Crippen LogP contribution is -2.16. The third-order valence-corrected chi connectivity index (χ3v) is 6.92. The van der Waals surface area contributed by atoms with Crippen molar-refractivity contribution in [3.05, 3.63) is 83.6 Å². The maximum absolute atomic E-state index is 12.9. The molecule has 0 fully saturated rings. The highest BCUT2D eigenvalue weighted by Gasteiger charge is 2.18. The fraction of sp³-hybridized carbons (Fsp3) is 0.0909. The van der Waals surface area contributed by atoms with Gasteiger partial charge in [0.2, 0.25) is 5.13 Å². The topological polar surface area (TPSA) is 114 Å². The summed E-state index contributed by atoms with van der Waals surface area (Å²) in [5, 5.41) is 11.6. The number of nitrogens with zero attached hydrogens (tertiary/aromatic N) is 3. The van der Waals surface area contributed by atoms with Gasteiger partial charge in [-0.05, 0) is 61.4 Å². The van der Waals surface area contributed by atoms with E-state index in [0.717, 1.165) is 5.56 Å². The van der Waals surface area contributed by atoms with Crippen LogP contribution in [0.15, 0.2) is 71.8 Å². The summed E-state index contributed by atoms with van der Waals surface area (Å²) in [6, 6.07) is 16.9. The van der Waals surface area contributed by atoms with Gasteiger partial charge in [-0.1, -0.05) is 35.6 Å². The molecule has 0 bridgehead atoms. The second kappa shape index (κ2) is 8.85. The van der Waals surface area contributed by atoms with Crippen LogP contribution in [0.2, 0.25) is 0 Å². The lowest BCUT2D eigenvalue weighted by atomic mass is 10.2. The van der Waals surface area contributed by atoms with E-state index in [9.17, 15) is 13.2 Å². The van der Waals surface area contributed by atoms with Crippen molar-refractivity contribution in [2.45, 2.75) is 18.7 Å². The number of nitrogens with one attached hydrogen (secondary N) is 2. The van der Waals surface area contributed by atoms with Crippen molar-refractivity contribution in [3.63, 3.8) is 0 Å². The molecule has 0 saturated carbocycles. The van der Waals surface area contributed by atoms with Crippen LogP contribution in [0.25, 0.3) is 10.7 Å². The molecule has 4 aromatic rings. The molecule has 0 radical (unpaired) electrons. The highest BCUT2D eigenvalue weighted by Crippen LogP contribution is 2.25. The minimum absolute atomic E-state index is 0.197. The van der Waals surface area contributed by atoms with Crippen molar-refractivity contribution in [2.75, 3.05) is 10.0 Å². The van der Waals surface area contributed by atoms with Gasteiger partial charge in [-0.25, -0.2) is 8.42 Å². The summed E-state index contributed by atoms with van der Waals surface area (Å²) in [5.74, 6) is -0.429. The predicted octanol–water partition coefficient (Wildman–Crippen LogP) is 4.27. The van der Waals surface area contributed by atoms with Gasteiger partial charge in [-0.2, -0.15) is 0 Å². The molecule has 0 atom stereocenters. The lowest BCUT2D eigenvalue weighted by Gasteiger charge is -2.12. The van der Waals surface area contributed by atoms with E-state index < -0.39 is 15.9 Å². The van der Waals surface area contributed by atoms with E-state index in [2.05, 4.69) is 25.2 Å². The smallest absolute Gasteiger partial charge is 0.262 e. The number of benzene rings is 2. The first-order chi connectivity index (χ1) is 15.3. The summed E-state index contributed by atoms with van der Waals surface area (Å²) in [5.41, 5.74) is 2.70. The zero-order valence-corrected chi connectivity index (χ0v) is 18.9. The second-order valence-corrected chi connectivity index (χ2v) is 9.67. The quantitative estimate of drug-likeness (QED) is 0.440. The summed E-state index contributed by atoms with van der Waals surface area (Å²) in [6.45, 7) is 3.56. The molecule has 0 aliphatic heterocycles. The van der Waals surface area contributed by atoms with Gasteiger partial charge in [0.15, 0.2) is 5.01 Å². The Bertz CT molecular complexity index is 1390. The van der Waals surface area contributed by atoms with Crippen LogP contribution < -0.4 is 10.0 Å². The summed E-state index contributed by atoms with van der Waals surface area (Å²) >= 11 is 1.20. The molecule has 0 unspecified atom stereocenters. The molecule has 2 aromatic carbocycles. The Morgan fingerprint density at radius 2 is 1.81 bits per heavy atom. The molecule has 1 amide bonds. The molecule has 2 heterocycles. The van der Waals surface area contributed by atoms with E-state index in [4.69, 9.17) is 0 Å². The molecular formula is C22H19N5O3S2. The van der Waals surface area contributed by atoms with Crippen LogP contribution in [0.3, 0.4) is 0 Å². The van der Waals surface area contributed by atoms with E-state index in [0.29, 0.717) is 21.4 Å². The lowest BCUT2D eigenvalue weighted by molar-refractivity contribution is 0.102. The van der Waals surface area contributed by atoms with Crippen LogP contribution in [0.4, 0.5) is 10.8 Å². The van der Waals surface area contributed by atoms with E-state index >= 15 is 0 Å². The monoisotopic (exact) mass is 465 g/mol. The number of hydrogen-bond acceptors (Lipinski definition) is 7. The van der Waals surface area contributed by atoms with Crippen LogP contribution in [0.1, 0.15) is 21.5 Å². The minimum atomic E-state index is -3.80. The minimum Gasteiger partial charge on any atom is -0.296 e. The van der Waals surface area contributed by atoms with Crippen LogP contribution in [-0.4, -0.2) is 29.5 Å². The zero-order chi connectivity index (χ0) is 22.7. The molecule has 8 nitrogen and oxygen atoms in total. The van der Waals surface area contributed by atoms with E-state index in [1.165, 1.54) is 17.4 Å². The zero-order valence-electron chi connectivity index (χ0n) is 17.2. The SMILES string of the molecule is Cc1ccc(C)c(S(=O)(=O)Nc2cccc(C(=O)Nc3nnc(-c4ccccn4)s3)c2)c1. The first kappa shape index (κ1) is 21.6. The van der Waals surface area contributed by atoms with Gasteiger partial charge >= 0.3 is 0 Å². The number of rotatable bonds is 6. The number of amides is 1. The number of sulfonamides is 1. The van der Waals surface area contributed by atoms with E-state index in [1.54, 1.807) is 55.6 Å². The third-order valence-electron chi connectivity index (χ3n) is 4.54. The molecule has 4 rings (SSSR count). The van der Waals surface area contributed by atoms with Crippen LogP contribution in [0, 0.1) is 13.8 Å². The summed E-state index contributed by atoms with van der Waals surface area (Å²) in [7, 11) is -3.80. The molecule has 0 aliphatic rings. The van der Waals surface area contributed by atoms with Crippen LogP contribution in [-0.2, 0) is 10.0 Å². The van der Waals surface area contributed by atoms with Gasteiger partial charge in [0.25, 0.3) is 15.9 Å². The number of anilines is 2. The molecular weight excluding hydrogens is 446 g/mol. The standard InChI is InChI=1S/C22H19N5O3S2/c1-14-9-10-15(2)19(12-14)32(29,30)27-17-7-5-6-16(13-17)20(28)24-22-26-25-21(31-22)18-8-3-4-11-23-18/h3-13,27H,1-2H3,(H,24,26,28). The highest BCUT2D eigenvalue weighted by atomic mass is 32.2. The number of aryl methyl sites for hydroxylation is 2. The molecule has 0 saturated heterocycles. The molecule has 162 valence electrons. The molecule has 0 aliphatic carbocycles. The largest absolute Gasteiger partial charge is 0.296 e. The van der Waals surface area contributed by atoms with Crippen molar-refractivity contribution in [2.24, 2.45) is 0 Å². The van der Waals surface area contributed by atoms with Crippen molar-refractivity contribution in [3.8, 4) is 10.7 Å². The summed E-state index contributed by atoms with van der Waals surface area (Å²) in [4.78, 5) is 17.1. The van der Waals surface area contributed by atoms with E-state index in [1.807, 2.05) is 19.1 Å². The number of carbonyl (C=O) groups is 1. The van der Waals surface area contributed by atoms with Gasteiger partial charge in [-0.3, -0.25) is 19.8 Å². The number of aromatic nitrogens is 3. The molecule has 2 aromatic heterocycles. The maximum atomic E-state index is 12.9. The van der Waals surface area contributed by atoms with Gasteiger partial charge in [0.05, 0.1) is 4.90 Å². The first-order valence-corrected chi connectivity index (χ1v) is 11.9. The highest BCUT2D eigenvalue weighted by molar-refractivity contribution is 7.92. The Balaban J connectivity index is 1.51. The van der Waals surface area contributed by atoms with Crippen molar-refractivity contribution in [1.82, 2.24) is 15.2 Å². The van der Waals surface area contributed by atoms with Gasteiger partial charge in [-0.15, -0.1) is 10.2 Å². The second-order valence-electron chi connectivity index (χ2n) is 7.04. The van der Waals surface area contributed by atoms with Gasteiger partial charge in [0, 0.05) is 17.4 Å². The normalized spacial score (nSPS) is 11.2. The maximum Gasteiger partial charge on any atom is 0.262 e. The molecule has 2 N–H and O–H groups in total. The van der Waals surface area contributed by atoms with Crippen LogP contribution >= 0.6 is 11.3 Å².